The van der Waals surface area contributed by atoms with Gasteiger partial charge in [-0.2, -0.15) is 0 Å². The van der Waals surface area contributed by atoms with Gasteiger partial charge in [0.05, 0.1) is 4.90 Å². The topological polar surface area (TPSA) is 101 Å². The van der Waals surface area contributed by atoms with Crippen LogP contribution >= 0.6 is 0 Å². The highest BCUT2D eigenvalue weighted by atomic mass is 32.2. The molecule has 0 saturated carbocycles. The highest BCUT2D eigenvalue weighted by Gasteiger charge is 2.14. The fraction of sp³-hybridized carbons (Fsp3) is 0.143. The predicted molar refractivity (Wildman–Crippen MR) is 113 cm³/mol. The van der Waals surface area contributed by atoms with E-state index >= 15 is 0 Å². The van der Waals surface area contributed by atoms with Crippen molar-refractivity contribution in [3.63, 3.8) is 0 Å². The lowest BCUT2D eigenvalue weighted by Gasteiger charge is -2.08. The molecule has 150 valence electrons. The third kappa shape index (κ3) is 5.11. The molecule has 2 aromatic carbocycles. The molecule has 0 unspecified atom stereocenters. The molecule has 7 nitrogen and oxygen atoms in total. The molecule has 0 spiro atoms. The molecule has 0 aliphatic carbocycles. The Morgan fingerprint density at radius 2 is 1.66 bits per heavy atom. The van der Waals surface area contributed by atoms with E-state index < -0.39 is 10.0 Å². The van der Waals surface area contributed by atoms with Crippen LogP contribution in [0.5, 0.6) is 0 Å². The number of benzene rings is 2. The molecule has 0 fully saturated rings. The maximum atomic E-state index is 12.5. The van der Waals surface area contributed by atoms with Crippen LogP contribution < -0.4 is 10.0 Å². The smallest absolute Gasteiger partial charge is 0.261 e. The number of anilines is 2. The predicted octanol–water partition coefficient (Wildman–Crippen LogP) is 4.22. The minimum Gasteiger partial charge on any atom is -0.354 e. The molecule has 0 aliphatic rings. The standard InChI is InChI=1S/C21H21N3O4S/c1-14-4-9-18(10-5-14)24-29(26,27)19-11-6-17(7-12-19)8-13-20-21(22-16(3)25)15(2)23-28-20/h4-13,24H,1-3H3,(H,22,25)/b13-8-. The molecule has 3 aromatic rings. The van der Waals surface area contributed by atoms with Crippen LogP contribution in [0.25, 0.3) is 12.2 Å². The van der Waals surface area contributed by atoms with Gasteiger partial charge in [0.25, 0.3) is 10.0 Å². The van der Waals surface area contributed by atoms with Gasteiger partial charge in [-0.15, -0.1) is 0 Å². The number of hydrogen-bond acceptors (Lipinski definition) is 5. The molecule has 0 atom stereocenters. The molecule has 8 heteroatoms. The van der Waals surface area contributed by atoms with Crippen LogP contribution in [0.15, 0.2) is 57.9 Å². The van der Waals surface area contributed by atoms with Gasteiger partial charge < -0.3 is 9.84 Å². The summed E-state index contributed by atoms with van der Waals surface area (Å²) in [5.74, 6) is 0.192. The average molecular weight is 411 g/mol. The van der Waals surface area contributed by atoms with Gasteiger partial charge in [-0.3, -0.25) is 9.52 Å². The molecule has 1 amide bonds. The Labute approximate surface area is 169 Å². The van der Waals surface area contributed by atoms with Crippen molar-refractivity contribution in [3.8, 4) is 0 Å². The Balaban J connectivity index is 1.75. The molecular weight excluding hydrogens is 390 g/mol. The molecule has 1 aromatic heterocycles. The van der Waals surface area contributed by atoms with E-state index in [0.29, 0.717) is 22.8 Å². The van der Waals surface area contributed by atoms with Gasteiger partial charge in [-0.25, -0.2) is 8.42 Å². The highest BCUT2D eigenvalue weighted by molar-refractivity contribution is 7.92. The van der Waals surface area contributed by atoms with Crippen molar-refractivity contribution in [2.75, 3.05) is 10.0 Å². The van der Waals surface area contributed by atoms with E-state index in [1.54, 1.807) is 43.3 Å². The molecule has 29 heavy (non-hydrogen) atoms. The second kappa shape index (κ2) is 8.32. The van der Waals surface area contributed by atoms with Crippen molar-refractivity contribution in [1.82, 2.24) is 5.16 Å². The summed E-state index contributed by atoms with van der Waals surface area (Å²) in [6.07, 6.45) is 3.41. The summed E-state index contributed by atoms with van der Waals surface area (Å²) in [5, 5.41) is 6.52. The van der Waals surface area contributed by atoms with Crippen LogP contribution in [0.4, 0.5) is 11.4 Å². The number of carbonyl (C=O) groups excluding carboxylic acids is 1. The Morgan fingerprint density at radius 3 is 2.28 bits per heavy atom. The van der Waals surface area contributed by atoms with E-state index in [0.717, 1.165) is 11.1 Å². The van der Waals surface area contributed by atoms with E-state index in [9.17, 15) is 13.2 Å². The monoisotopic (exact) mass is 411 g/mol. The lowest BCUT2D eigenvalue weighted by atomic mass is 10.2. The van der Waals surface area contributed by atoms with Crippen LogP contribution in [-0.4, -0.2) is 19.5 Å². The van der Waals surface area contributed by atoms with E-state index in [-0.39, 0.29) is 10.8 Å². The average Bonchev–Trinajstić information content (AvgIpc) is 3.01. The van der Waals surface area contributed by atoms with Gasteiger partial charge in [0, 0.05) is 12.6 Å². The van der Waals surface area contributed by atoms with Crippen molar-refractivity contribution in [2.24, 2.45) is 0 Å². The lowest BCUT2D eigenvalue weighted by molar-refractivity contribution is -0.114. The van der Waals surface area contributed by atoms with E-state index in [1.165, 1.54) is 19.1 Å². The molecule has 0 saturated heterocycles. The Kier molecular flexibility index (Phi) is 5.84. The summed E-state index contributed by atoms with van der Waals surface area (Å²) < 4.78 is 32.8. The van der Waals surface area contributed by atoms with Gasteiger partial charge in [0.15, 0.2) is 5.76 Å². The number of amides is 1. The zero-order valence-corrected chi connectivity index (χ0v) is 17.1. The molecule has 3 rings (SSSR count). The summed E-state index contributed by atoms with van der Waals surface area (Å²) >= 11 is 0. The minimum absolute atomic E-state index is 0.157. The van der Waals surface area contributed by atoms with Crippen LogP contribution in [0.2, 0.25) is 0 Å². The number of nitrogens with zero attached hydrogens (tertiary/aromatic N) is 1. The second-order valence-corrected chi connectivity index (χ2v) is 8.24. The summed E-state index contributed by atoms with van der Waals surface area (Å²) in [4.78, 5) is 11.5. The molecule has 0 bridgehead atoms. The van der Waals surface area contributed by atoms with E-state index in [2.05, 4.69) is 15.2 Å². The molecule has 1 heterocycles. The van der Waals surface area contributed by atoms with Crippen LogP contribution in [-0.2, 0) is 14.8 Å². The third-order valence-corrected chi connectivity index (χ3v) is 5.51. The third-order valence-electron chi connectivity index (χ3n) is 4.11. The number of hydrogen-bond donors (Lipinski definition) is 2. The first-order valence-corrected chi connectivity index (χ1v) is 10.3. The van der Waals surface area contributed by atoms with Crippen molar-refractivity contribution >= 4 is 39.5 Å². The van der Waals surface area contributed by atoms with Crippen LogP contribution in [0.3, 0.4) is 0 Å². The van der Waals surface area contributed by atoms with Crippen LogP contribution in [0.1, 0.15) is 29.5 Å². The highest BCUT2D eigenvalue weighted by Crippen LogP contribution is 2.23. The summed E-state index contributed by atoms with van der Waals surface area (Å²) in [6, 6.07) is 13.5. The van der Waals surface area contributed by atoms with Crippen LogP contribution in [0, 0.1) is 13.8 Å². The van der Waals surface area contributed by atoms with Crippen molar-refractivity contribution in [2.45, 2.75) is 25.7 Å². The number of aryl methyl sites for hydroxylation is 2. The zero-order valence-electron chi connectivity index (χ0n) is 16.3. The SMILES string of the molecule is CC(=O)Nc1c(C)noc1/C=C\c1ccc(S(=O)(=O)Nc2ccc(C)cc2)cc1. The Hall–Kier alpha value is -3.39. The quantitative estimate of drug-likeness (QED) is 0.632. The minimum atomic E-state index is -3.68. The maximum absolute atomic E-state index is 12.5. The lowest BCUT2D eigenvalue weighted by Crippen LogP contribution is -2.12. The Bertz CT molecular complexity index is 1150. The second-order valence-electron chi connectivity index (χ2n) is 6.56. The summed E-state index contributed by atoms with van der Waals surface area (Å²) in [7, 11) is -3.68. The summed E-state index contributed by atoms with van der Waals surface area (Å²) in [5.41, 5.74) is 3.40. The first-order valence-electron chi connectivity index (χ1n) is 8.86. The normalized spacial score (nSPS) is 11.6. The molecule has 0 radical (unpaired) electrons. The number of aromatic nitrogens is 1. The van der Waals surface area contributed by atoms with Crippen molar-refractivity contribution in [1.29, 1.82) is 0 Å². The van der Waals surface area contributed by atoms with Gasteiger partial charge in [-0.1, -0.05) is 41.1 Å². The molecule has 2 N–H and O–H groups in total. The Morgan fingerprint density at radius 1 is 1.00 bits per heavy atom. The largest absolute Gasteiger partial charge is 0.354 e. The van der Waals surface area contributed by atoms with E-state index in [1.807, 2.05) is 19.1 Å². The number of rotatable bonds is 6. The number of carbonyl (C=O) groups is 1. The van der Waals surface area contributed by atoms with Gasteiger partial charge in [0.1, 0.15) is 11.4 Å². The fourth-order valence-corrected chi connectivity index (χ4v) is 3.65. The van der Waals surface area contributed by atoms with E-state index in [4.69, 9.17) is 4.52 Å². The molecule has 0 aliphatic heterocycles. The first-order chi connectivity index (χ1) is 13.7. The zero-order chi connectivity index (χ0) is 21.0. The van der Waals surface area contributed by atoms with Gasteiger partial charge in [0.2, 0.25) is 5.91 Å². The van der Waals surface area contributed by atoms with Gasteiger partial charge in [-0.05, 0) is 49.8 Å². The van der Waals surface area contributed by atoms with Crippen molar-refractivity contribution in [3.05, 3.63) is 71.1 Å². The number of sulfonamides is 1. The maximum Gasteiger partial charge on any atom is 0.261 e. The number of nitrogens with one attached hydrogen (secondary N) is 2. The first kappa shape index (κ1) is 20.3. The molecular formula is C21H21N3O4S. The fourth-order valence-electron chi connectivity index (χ4n) is 2.59. The summed E-state index contributed by atoms with van der Waals surface area (Å²) in [6.45, 7) is 5.07. The van der Waals surface area contributed by atoms with Crippen molar-refractivity contribution < 1.29 is 17.7 Å². The van der Waals surface area contributed by atoms with Gasteiger partial charge >= 0.3 is 0 Å².